The lowest BCUT2D eigenvalue weighted by molar-refractivity contribution is -0.118. The smallest absolute Gasteiger partial charge is 0.209 e. The van der Waals surface area contributed by atoms with E-state index in [1.807, 2.05) is 11.0 Å². The van der Waals surface area contributed by atoms with E-state index in [2.05, 4.69) is 30.7 Å². The minimum Gasteiger partial charge on any atom is -0.384 e. The second-order valence-electron chi connectivity index (χ2n) is 7.18. The number of nitrogen functional groups attached to an aromatic ring is 1. The van der Waals surface area contributed by atoms with Crippen LogP contribution in [0.2, 0.25) is 0 Å². The second-order valence-corrected chi connectivity index (χ2v) is 7.18. The first-order valence-electron chi connectivity index (χ1n) is 9.27. The Bertz CT molecular complexity index is 468. The van der Waals surface area contributed by atoms with Gasteiger partial charge in [0, 0.05) is 26.0 Å². The van der Waals surface area contributed by atoms with Gasteiger partial charge >= 0.3 is 0 Å². The fraction of sp³-hybridized carbons (Fsp3) is 0.737. The zero-order valence-electron chi connectivity index (χ0n) is 15.6. The third-order valence-electron chi connectivity index (χ3n) is 4.81. The number of aromatic nitrogens is 2. The van der Waals surface area contributed by atoms with Gasteiger partial charge in [-0.05, 0) is 25.7 Å². The average Bonchev–Trinajstić information content (AvgIpc) is 2.55. The molecule has 1 saturated heterocycles. The van der Waals surface area contributed by atoms with E-state index < -0.39 is 0 Å². The molecule has 0 radical (unpaired) electrons. The quantitative estimate of drug-likeness (QED) is 0.840. The lowest BCUT2D eigenvalue weighted by Crippen LogP contribution is -2.27. The lowest BCUT2D eigenvalue weighted by atomic mass is 9.86. The Hall–Kier alpha value is -1.65. The van der Waals surface area contributed by atoms with E-state index in [9.17, 15) is 4.79 Å². The number of nitrogens with two attached hydrogens (primary N) is 1. The maximum absolute atomic E-state index is 10.1. The Morgan fingerprint density at radius 3 is 2.04 bits per heavy atom. The third-order valence-corrected chi connectivity index (χ3v) is 4.81. The van der Waals surface area contributed by atoms with Crippen LogP contribution < -0.4 is 5.73 Å². The SMILES string of the molecule is C1CCC1.CCC(C)(C)c1cc(N)ncn1.O=CN1CCCCC1.[HH]. The normalized spacial score (nSPS) is 16.7. The summed E-state index contributed by atoms with van der Waals surface area (Å²) in [6, 6.07) is 1.84. The first-order chi connectivity index (χ1) is 11.5. The van der Waals surface area contributed by atoms with Crippen molar-refractivity contribution in [3.63, 3.8) is 0 Å². The van der Waals surface area contributed by atoms with Gasteiger partial charge in [0.2, 0.25) is 6.41 Å². The summed E-state index contributed by atoms with van der Waals surface area (Å²) >= 11 is 0. The van der Waals surface area contributed by atoms with E-state index in [0.717, 1.165) is 31.6 Å². The zero-order chi connectivity index (χ0) is 17.8. The van der Waals surface area contributed by atoms with Crippen LogP contribution in [0.25, 0.3) is 0 Å². The molecule has 3 rings (SSSR count). The first kappa shape index (κ1) is 20.4. The minimum atomic E-state index is 0. The molecule has 1 aromatic rings. The summed E-state index contributed by atoms with van der Waals surface area (Å²) < 4.78 is 0. The zero-order valence-corrected chi connectivity index (χ0v) is 15.6. The van der Waals surface area contributed by atoms with Gasteiger partial charge < -0.3 is 10.6 Å². The molecule has 5 nitrogen and oxygen atoms in total. The number of rotatable bonds is 3. The van der Waals surface area contributed by atoms with Crippen LogP contribution in [0, 0.1) is 0 Å². The monoisotopic (exact) mass is 336 g/mol. The number of amides is 1. The Kier molecular flexibility index (Phi) is 9.35. The summed E-state index contributed by atoms with van der Waals surface area (Å²) in [4.78, 5) is 20.0. The number of carbonyl (C=O) groups is 1. The molecule has 2 N–H and O–H groups in total. The van der Waals surface area contributed by atoms with Crippen molar-refractivity contribution in [2.45, 2.75) is 77.6 Å². The Morgan fingerprint density at radius 2 is 1.67 bits per heavy atom. The van der Waals surface area contributed by atoms with Crippen LogP contribution in [0.1, 0.15) is 79.3 Å². The number of piperidine rings is 1. The van der Waals surface area contributed by atoms with Gasteiger partial charge in [-0.1, -0.05) is 46.5 Å². The van der Waals surface area contributed by atoms with Crippen LogP contribution in [0.3, 0.4) is 0 Å². The second kappa shape index (κ2) is 11.0. The number of hydrogen-bond acceptors (Lipinski definition) is 4. The molecule has 24 heavy (non-hydrogen) atoms. The molecule has 1 saturated carbocycles. The van der Waals surface area contributed by atoms with Crippen molar-refractivity contribution in [3.8, 4) is 0 Å². The molecule has 1 aliphatic carbocycles. The van der Waals surface area contributed by atoms with Crippen LogP contribution in [-0.2, 0) is 10.2 Å². The van der Waals surface area contributed by atoms with Gasteiger partial charge in [-0.3, -0.25) is 4.79 Å². The molecule has 138 valence electrons. The van der Waals surface area contributed by atoms with E-state index >= 15 is 0 Å². The number of nitrogens with zero attached hydrogens (tertiary/aromatic N) is 3. The summed E-state index contributed by atoms with van der Waals surface area (Å²) in [5.74, 6) is 0.543. The largest absolute Gasteiger partial charge is 0.384 e. The minimum absolute atomic E-state index is 0. The molecular weight excluding hydrogens is 300 g/mol. The summed E-state index contributed by atoms with van der Waals surface area (Å²) in [5, 5.41) is 0. The maximum atomic E-state index is 10.1. The lowest BCUT2D eigenvalue weighted by Gasteiger charge is -2.21. The van der Waals surface area contributed by atoms with Crippen LogP contribution in [0.4, 0.5) is 5.82 Å². The highest BCUT2D eigenvalue weighted by Gasteiger charge is 2.19. The van der Waals surface area contributed by atoms with E-state index in [1.54, 1.807) is 0 Å². The van der Waals surface area contributed by atoms with Crippen molar-refractivity contribution < 1.29 is 6.22 Å². The molecule has 1 amide bonds. The molecule has 2 heterocycles. The van der Waals surface area contributed by atoms with Gasteiger partial charge in [-0.2, -0.15) is 0 Å². The van der Waals surface area contributed by atoms with Crippen LogP contribution in [0.15, 0.2) is 12.4 Å². The molecule has 0 unspecified atom stereocenters. The summed E-state index contributed by atoms with van der Waals surface area (Å²) in [6.45, 7) is 8.38. The molecule has 5 heteroatoms. The Morgan fingerprint density at radius 1 is 1.12 bits per heavy atom. The van der Waals surface area contributed by atoms with Crippen LogP contribution in [0.5, 0.6) is 0 Å². The molecule has 2 aliphatic rings. The van der Waals surface area contributed by atoms with E-state index in [1.165, 1.54) is 51.3 Å². The topological polar surface area (TPSA) is 72.1 Å². The van der Waals surface area contributed by atoms with Crippen molar-refractivity contribution >= 4 is 12.2 Å². The molecular formula is C19H36N4O. The summed E-state index contributed by atoms with van der Waals surface area (Å²) in [6.07, 6.45) is 13.2. The molecule has 0 spiro atoms. The van der Waals surface area contributed by atoms with Gasteiger partial charge in [0.05, 0.1) is 5.69 Å². The summed E-state index contributed by atoms with van der Waals surface area (Å²) in [5.41, 5.74) is 6.66. The third kappa shape index (κ3) is 7.75. The molecule has 2 fully saturated rings. The van der Waals surface area contributed by atoms with E-state index in [-0.39, 0.29) is 6.84 Å². The highest BCUT2D eigenvalue weighted by molar-refractivity contribution is 5.46. The number of carbonyl (C=O) groups excluding carboxylic acids is 1. The number of anilines is 1. The predicted octanol–water partition coefficient (Wildman–Crippen LogP) is 4.18. The van der Waals surface area contributed by atoms with Gasteiger partial charge in [-0.15, -0.1) is 0 Å². The molecule has 0 bridgehead atoms. The fourth-order valence-electron chi connectivity index (χ4n) is 2.20. The van der Waals surface area contributed by atoms with Gasteiger partial charge in [0.1, 0.15) is 12.1 Å². The standard InChI is InChI=1S/C9H15N3.C6H11NO.C4H8.H2/c1-4-9(2,3)7-5-8(10)12-6-11-7;8-6-7-4-2-1-3-5-7;1-2-4-3-1;/h5-6H,4H2,1-3H3,(H2,10,11,12);6H,1-5H2;1-4H2;1H. The maximum Gasteiger partial charge on any atom is 0.209 e. The molecule has 0 aromatic carbocycles. The van der Waals surface area contributed by atoms with Gasteiger partial charge in [0.15, 0.2) is 0 Å². The van der Waals surface area contributed by atoms with E-state index in [4.69, 9.17) is 5.73 Å². The van der Waals surface area contributed by atoms with Crippen molar-refractivity contribution in [2.75, 3.05) is 18.8 Å². The van der Waals surface area contributed by atoms with E-state index in [0.29, 0.717) is 5.82 Å². The van der Waals surface area contributed by atoms with Crippen LogP contribution >= 0.6 is 0 Å². The van der Waals surface area contributed by atoms with Crippen molar-refractivity contribution in [2.24, 2.45) is 0 Å². The van der Waals surface area contributed by atoms with Crippen molar-refractivity contribution in [1.82, 2.24) is 14.9 Å². The Labute approximate surface area is 148 Å². The fourth-order valence-corrected chi connectivity index (χ4v) is 2.20. The van der Waals surface area contributed by atoms with Crippen molar-refractivity contribution in [1.29, 1.82) is 0 Å². The number of hydrogen-bond donors (Lipinski definition) is 1. The first-order valence-corrected chi connectivity index (χ1v) is 9.27. The highest BCUT2D eigenvalue weighted by atomic mass is 16.1. The average molecular weight is 337 g/mol. The van der Waals surface area contributed by atoms with Gasteiger partial charge in [-0.25, -0.2) is 9.97 Å². The Balaban J connectivity index is 0.000000380. The summed E-state index contributed by atoms with van der Waals surface area (Å²) in [7, 11) is 0. The number of likely N-dealkylation sites (tertiary alicyclic amines) is 1. The molecule has 1 aromatic heterocycles. The van der Waals surface area contributed by atoms with Crippen molar-refractivity contribution in [3.05, 3.63) is 18.1 Å². The van der Waals surface area contributed by atoms with Gasteiger partial charge in [0.25, 0.3) is 0 Å². The highest BCUT2D eigenvalue weighted by Crippen LogP contribution is 2.24. The van der Waals surface area contributed by atoms with Crippen LogP contribution in [-0.4, -0.2) is 34.4 Å². The molecule has 0 atom stereocenters. The predicted molar refractivity (Wildman–Crippen MR) is 102 cm³/mol. The molecule has 1 aliphatic heterocycles.